The number of fused-ring (bicyclic) bond motifs is 1. The largest absolute Gasteiger partial charge is 0.481 e. The summed E-state index contributed by atoms with van der Waals surface area (Å²) in [6.45, 7) is 0. The van der Waals surface area contributed by atoms with E-state index in [2.05, 4.69) is 5.32 Å². The standard InChI is InChI=1S/C16H17ClN2O3/c1-19-12-8-3-2-5-10(12)13(17)14(19)15(20)18-11-7-4-6-9(11)16(21)22/h2-3,5,8-9,11H,4,6-7H2,1H3,(H,18,20)(H,21,22)/t9-,11+/m0/s1. The summed E-state index contributed by atoms with van der Waals surface area (Å²) in [5.41, 5.74) is 1.25. The van der Waals surface area contributed by atoms with Crippen LogP contribution in [0.5, 0.6) is 0 Å². The van der Waals surface area contributed by atoms with E-state index in [1.807, 2.05) is 24.3 Å². The number of benzene rings is 1. The van der Waals surface area contributed by atoms with Gasteiger partial charge in [-0.25, -0.2) is 0 Å². The van der Waals surface area contributed by atoms with E-state index in [4.69, 9.17) is 11.6 Å². The number of carboxylic acids is 1. The minimum Gasteiger partial charge on any atom is -0.481 e. The third kappa shape index (κ3) is 2.35. The number of nitrogens with one attached hydrogen (secondary N) is 1. The van der Waals surface area contributed by atoms with Crippen LogP contribution in [0.3, 0.4) is 0 Å². The Kier molecular flexibility index (Phi) is 3.83. The molecule has 0 saturated heterocycles. The van der Waals surface area contributed by atoms with Crippen molar-refractivity contribution in [1.82, 2.24) is 9.88 Å². The number of carboxylic acid groups (broad SMARTS) is 1. The van der Waals surface area contributed by atoms with Gasteiger partial charge in [0.25, 0.3) is 5.91 Å². The summed E-state index contributed by atoms with van der Waals surface area (Å²) in [5.74, 6) is -1.69. The van der Waals surface area contributed by atoms with E-state index in [1.54, 1.807) is 11.6 Å². The Labute approximate surface area is 132 Å². The lowest BCUT2D eigenvalue weighted by molar-refractivity contribution is -0.142. The number of hydrogen-bond donors (Lipinski definition) is 2. The van der Waals surface area contributed by atoms with Crippen LogP contribution in [0.2, 0.25) is 5.02 Å². The molecule has 116 valence electrons. The number of halogens is 1. The van der Waals surface area contributed by atoms with Crippen molar-refractivity contribution in [2.75, 3.05) is 0 Å². The number of carbonyl (C=O) groups is 2. The molecule has 1 amide bonds. The second-order valence-corrected chi connectivity index (χ2v) is 6.07. The molecule has 0 radical (unpaired) electrons. The minimum atomic E-state index is -0.856. The van der Waals surface area contributed by atoms with E-state index in [0.717, 1.165) is 17.3 Å². The number of hydrogen-bond acceptors (Lipinski definition) is 2. The zero-order valence-electron chi connectivity index (χ0n) is 12.2. The number of amides is 1. The van der Waals surface area contributed by atoms with Crippen LogP contribution in [-0.4, -0.2) is 27.6 Å². The fraction of sp³-hybridized carbons (Fsp3) is 0.375. The monoisotopic (exact) mass is 320 g/mol. The Morgan fingerprint density at radius 3 is 2.73 bits per heavy atom. The quantitative estimate of drug-likeness (QED) is 0.913. The van der Waals surface area contributed by atoms with Crippen LogP contribution >= 0.6 is 11.6 Å². The zero-order chi connectivity index (χ0) is 15.9. The van der Waals surface area contributed by atoms with Crippen molar-refractivity contribution in [1.29, 1.82) is 0 Å². The Bertz CT molecular complexity index is 714. The number of carbonyl (C=O) groups excluding carboxylic acids is 1. The maximum atomic E-state index is 12.6. The van der Waals surface area contributed by atoms with Gasteiger partial charge < -0.3 is 15.0 Å². The van der Waals surface area contributed by atoms with Crippen molar-refractivity contribution >= 4 is 34.4 Å². The summed E-state index contributed by atoms with van der Waals surface area (Å²) in [5, 5.41) is 13.3. The molecule has 2 N–H and O–H groups in total. The molecule has 1 heterocycles. The fourth-order valence-electron chi connectivity index (χ4n) is 3.26. The predicted molar refractivity (Wildman–Crippen MR) is 84.2 cm³/mol. The summed E-state index contributed by atoms with van der Waals surface area (Å²) < 4.78 is 1.75. The van der Waals surface area contributed by atoms with Gasteiger partial charge in [-0.2, -0.15) is 0 Å². The summed E-state index contributed by atoms with van der Waals surface area (Å²) in [4.78, 5) is 23.8. The van der Waals surface area contributed by atoms with Gasteiger partial charge in [0.1, 0.15) is 5.69 Å². The number of aromatic nitrogens is 1. The van der Waals surface area contributed by atoms with Crippen LogP contribution in [-0.2, 0) is 11.8 Å². The highest BCUT2D eigenvalue weighted by molar-refractivity contribution is 6.38. The van der Waals surface area contributed by atoms with Crippen molar-refractivity contribution in [3.63, 3.8) is 0 Å². The van der Waals surface area contributed by atoms with E-state index in [-0.39, 0.29) is 11.9 Å². The SMILES string of the molecule is Cn1c(C(=O)N[C@@H]2CCC[C@@H]2C(=O)O)c(Cl)c2ccccc21. The third-order valence-corrected chi connectivity index (χ3v) is 4.79. The maximum absolute atomic E-state index is 12.6. The predicted octanol–water partition coefficient (Wildman–Crippen LogP) is 2.81. The van der Waals surface area contributed by atoms with Crippen molar-refractivity contribution < 1.29 is 14.7 Å². The Balaban J connectivity index is 1.91. The number of aryl methyl sites for hydroxylation is 1. The van der Waals surface area contributed by atoms with E-state index in [1.165, 1.54) is 0 Å². The van der Waals surface area contributed by atoms with Crippen LogP contribution in [0.1, 0.15) is 29.8 Å². The number of para-hydroxylation sites is 1. The highest BCUT2D eigenvalue weighted by Crippen LogP contribution is 2.31. The number of rotatable bonds is 3. The first kappa shape index (κ1) is 14.9. The summed E-state index contributed by atoms with van der Waals surface area (Å²) in [6, 6.07) is 7.18. The van der Waals surface area contributed by atoms with E-state index < -0.39 is 11.9 Å². The lowest BCUT2D eigenvalue weighted by Gasteiger charge is -2.18. The zero-order valence-corrected chi connectivity index (χ0v) is 12.9. The van der Waals surface area contributed by atoms with Gasteiger partial charge in [-0.3, -0.25) is 9.59 Å². The van der Waals surface area contributed by atoms with Crippen molar-refractivity contribution in [3.8, 4) is 0 Å². The first-order valence-electron chi connectivity index (χ1n) is 7.27. The minimum absolute atomic E-state index is 0.318. The molecule has 0 unspecified atom stereocenters. The second-order valence-electron chi connectivity index (χ2n) is 5.69. The average Bonchev–Trinajstić information content (AvgIpc) is 3.04. The summed E-state index contributed by atoms with van der Waals surface area (Å²) in [6.07, 6.45) is 2.10. The van der Waals surface area contributed by atoms with Gasteiger partial charge in [0.2, 0.25) is 0 Å². The van der Waals surface area contributed by atoms with Gasteiger partial charge in [0, 0.05) is 24.0 Å². The second kappa shape index (κ2) is 5.65. The van der Waals surface area contributed by atoms with Gasteiger partial charge in [-0.15, -0.1) is 0 Å². The van der Waals surface area contributed by atoms with Crippen molar-refractivity contribution in [2.24, 2.45) is 13.0 Å². The number of nitrogens with zero attached hydrogens (tertiary/aromatic N) is 1. The van der Waals surface area contributed by atoms with E-state index in [0.29, 0.717) is 23.6 Å². The fourth-order valence-corrected chi connectivity index (χ4v) is 3.64. The summed E-state index contributed by atoms with van der Waals surface area (Å²) >= 11 is 6.34. The highest BCUT2D eigenvalue weighted by Gasteiger charge is 2.35. The normalized spacial score (nSPS) is 21.2. The molecule has 6 heteroatoms. The highest BCUT2D eigenvalue weighted by atomic mass is 35.5. The first-order valence-corrected chi connectivity index (χ1v) is 7.65. The third-order valence-electron chi connectivity index (χ3n) is 4.41. The molecule has 1 aliphatic rings. The van der Waals surface area contributed by atoms with Gasteiger partial charge in [-0.1, -0.05) is 36.2 Å². The van der Waals surface area contributed by atoms with Gasteiger partial charge in [0.15, 0.2) is 0 Å². The molecule has 2 atom stereocenters. The Morgan fingerprint density at radius 1 is 1.32 bits per heavy atom. The molecule has 1 fully saturated rings. The Morgan fingerprint density at radius 2 is 2.05 bits per heavy atom. The maximum Gasteiger partial charge on any atom is 0.308 e. The molecular formula is C16H17ClN2O3. The van der Waals surface area contributed by atoms with Crippen LogP contribution in [0.15, 0.2) is 24.3 Å². The van der Waals surface area contributed by atoms with Gasteiger partial charge >= 0.3 is 5.97 Å². The van der Waals surface area contributed by atoms with Crippen LogP contribution < -0.4 is 5.32 Å². The van der Waals surface area contributed by atoms with Crippen LogP contribution in [0.4, 0.5) is 0 Å². The lowest BCUT2D eigenvalue weighted by Crippen LogP contribution is -2.40. The Hall–Kier alpha value is -2.01. The molecule has 2 aromatic rings. The lowest BCUT2D eigenvalue weighted by atomic mass is 10.0. The van der Waals surface area contributed by atoms with Crippen molar-refractivity contribution in [3.05, 3.63) is 35.0 Å². The molecule has 5 nitrogen and oxygen atoms in total. The molecule has 1 saturated carbocycles. The molecule has 1 aromatic carbocycles. The molecule has 3 rings (SSSR count). The average molecular weight is 321 g/mol. The molecule has 0 spiro atoms. The molecule has 1 aliphatic carbocycles. The summed E-state index contributed by atoms with van der Waals surface area (Å²) in [7, 11) is 1.78. The van der Waals surface area contributed by atoms with Crippen LogP contribution in [0, 0.1) is 5.92 Å². The smallest absolute Gasteiger partial charge is 0.308 e. The molecule has 22 heavy (non-hydrogen) atoms. The van der Waals surface area contributed by atoms with E-state index in [9.17, 15) is 14.7 Å². The molecular weight excluding hydrogens is 304 g/mol. The first-order chi connectivity index (χ1) is 10.5. The molecule has 1 aromatic heterocycles. The van der Waals surface area contributed by atoms with Crippen molar-refractivity contribution in [2.45, 2.75) is 25.3 Å². The molecule has 0 aliphatic heterocycles. The number of aliphatic carboxylic acids is 1. The topological polar surface area (TPSA) is 71.3 Å². The van der Waals surface area contributed by atoms with Crippen LogP contribution in [0.25, 0.3) is 10.9 Å². The van der Waals surface area contributed by atoms with Gasteiger partial charge in [0.05, 0.1) is 10.9 Å². The van der Waals surface area contributed by atoms with E-state index >= 15 is 0 Å². The van der Waals surface area contributed by atoms with Gasteiger partial charge in [-0.05, 0) is 18.9 Å². The molecule has 0 bridgehead atoms.